The first-order valence-corrected chi connectivity index (χ1v) is 7.70. The maximum absolute atomic E-state index is 11.9. The Labute approximate surface area is 118 Å². The molecule has 0 aliphatic carbocycles. The lowest BCUT2D eigenvalue weighted by Gasteiger charge is -2.13. The van der Waals surface area contributed by atoms with Crippen molar-refractivity contribution < 1.29 is 9.53 Å². The highest BCUT2D eigenvalue weighted by Gasteiger charge is 2.22. The van der Waals surface area contributed by atoms with Crippen LogP contribution in [0.4, 0.5) is 0 Å². The van der Waals surface area contributed by atoms with Crippen LogP contribution < -0.4 is 10.6 Å². The van der Waals surface area contributed by atoms with Crippen molar-refractivity contribution in [1.29, 1.82) is 0 Å². The predicted molar refractivity (Wildman–Crippen MR) is 77.9 cm³/mol. The standard InChI is InChI=1S/C14H20N2O2S/c1-2-18-8-12-6-4-3-5-11(12)7-15-14(17)13-9-19-10-16-13/h3-6,13,16H,2,7-10H2,1H3,(H,15,17). The summed E-state index contributed by atoms with van der Waals surface area (Å²) in [6, 6.07) is 8.01. The van der Waals surface area contributed by atoms with Crippen molar-refractivity contribution >= 4 is 17.7 Å². The third kappa shape index (κ3) is 4.23. The minimum atomic E-state index is -0.0518. The maximum Gasteiger partial charge on any atom is 0.238 e. The Balaban J connectivity index is 1.89. The highest BCUT2D eigenvalue weighted by molar-refractivity contribution is 7.99. The van der Waals surface area contributed by atoms with Crippen molar-refractivity contribution in [1.82, 2.24) is 10.6 Å². The largest absolute Gasteiger partial charge is 0.377 e. The van der Waals surface area contributed by atoms with Crippen LogP contribution >= 0.6 is 11.8 Å². The van der Waals surface area contributed by atoms with E-state index in [1.807, 2.05) is 31.2 Å². The van der Waals surface area contributed by atoms with Gasteiger partial charge in [0.25, 0.3) is 0 Å². The number of thioether (sulfide) groups is 1. The summed E-state index contributed by atoms with van der Waals surface area (Å²) in [7, 11) is 0. The number of hydrogen-bond acceptors (Lipinski definition) is 4. The average molecular weight is 280 g/mol. The highest BCUT2D eigenvalue weighted by atomic mass is 32.2. The first kappa shape index (κ1) is 14.4. The molecule has 1 aromatic rings. The van der Waals surface area contributed by atoms with Crippen LogP contribution in [0.2, 0.25) is 0 Å². The Morgan fingerprint density at radius 2 is 2.26 bits per heavy atom. The monoisotopic (exact) mass is 280 g/mol. The van der Waals surface area contributed by atoms with Gasteiger partial charge < -0.3 is 10.1 Å². The number of nitrogens with one attached hydrogen (secondary N) is 2. The van der Waals surface area contributed by atoms with Crippen LogP contribution in [0.15, 0.2) is 24.3 Å². The van der Waals surface area contributed by atoms with Gasteiger partial charge in [0.2, 0.25) is 5.91 Å². The third-order valence-corrected chi connectivity index (χ3v) is 4.01. The van der Waals surface area contributed by atoms with Gasteiger partial charge in [-0.15, -0.1) is 11.8 Å². The third-order valence-electron chi connectivity index (χ3n) is 3.07. The summed E-state index contributed by atoms with van der Waals surface area (Å²) in [5.74, 6) is 1.79. The van der Waals surface area contributed by atoms with Crippen molar-refractivity contribution in [3.05, 3.63) is 35.4 Å². The quantitative estimate of drug-likeness (QED) is 0.829. The fourth-order valence-corrected chi connectivity index (χ4v) is 2.89. The molecule has 2 rings (SSSR count). The van der Waals surface area contributed by atoms with Crippen LogP contribution in [0.25, 0.3) is 0 Å². The lowest BCUT2D eigenvalue weighted by Crippen LogP contribution is -2.41. The lowest BCUT2D eigenvalue weighted by molar-refractivity contribution is -0.122. The van der Waals surface area contributed by atoms with Crippen molar-refractivity contribution in [2.24, 2.45) is 0 Å². The van der Waals surface area contributed by atoms with E-state index in [4.69, 9.17) is 4.74 Å². The van der Waals surface area contributed by atoms with E-state index >= 15 is 0 Å². The number of amides is 1. The molecule has 4 nitrogen and oxygen atoms in total. The van der Waals surface area contributed by atoms with Crippen LogP contribution in [0.1, 0.15) is 18.1 Å². The molecule has 0 saturated carbocycles. The second-order valence-corrected chi connectivity index (χ2v) is 5.43. The molecule has 0 aromatic heterocycles. The fourth-order valence-electron chi connectivity index (χ4n) is 1.95. The van der Waals surface area contributed by atoms with Crippen molar-refractivity contribution in [3.8, 4) is 0 Å². The minimum absolute atomic E-state index is 0.0518. The number of carbonyl (C=O) groups is 1. The summed E-state index contributed by atoms with van der Waals surface area (Å²) in [5, 5.41) is 6.16. The van der Waals surface area contributed by atoms with Gasteiger partial charge in [0.1, 0.15) is 0 Å². The topological polar surface area (TPSA) is 50.4 Å². The molecule has 1 aromatic carbocycles. The molecule has 2 N–H and O–H groups in total. The first-order chi connectivity index (χ1) is 9.31. The molecule has 1 amide bonds. The van der Waals surface area contributed by atoms with E-state index < -0.39 is 0 Å². The van der Waals surface area contributed by atoms with Gasteiger partial charge in [-0.3, -0.25) is 10.1 Å². The van der Waals surface area contributed by atoms with Gasteiger partial charge in [-0.25, -0.2) is 0 Å². The molecule has 1 unspecified atom stereocenters. The highest BCUT2D eigenvalue weighted by Crippen LogP contribution is 2.12. The second-order valence-electron chi connectivity index (χ2n) is 4.40. The molecule has 1 saturated heterocycles. The van der Waals surface area contributed by atoms with E-state index in [2.05, 4.69) is 10.6 Å². The van der Waals surface area contributed by atoms with Gasteiger partial charge >= 0.3 is 0 Å². The van der Waals surface area contributed by atoms with Crippen LogP contribution in [0, 0.1) is 0 Å². The normalized spacial score (nSPS) is 18.5. The Morgan fingerprint density at radius 3 is 2.95 bits per heavy atom. The van der Waals surface area contributed by atoms with Crippen LogP contribution in [-0.2, 0) is 22.7 Å². The summed E-state index contributed by atoms with van der Waals surface area (Å²) in [5.41, 5.74) is 2.26. The Hall–Kier alpha value is -1.04. The van der Waals surface area contributed by atoms with Gasteiger partial charge in [0.05, 0.1) is 12.6 Å². The number of rotatable bonds is 6. The number of benzene rings is 1. The summed E-state index contributed by atoms with van der Waals surface area (Å²) in [4.78, 5) is 11.9. The van der Waals surface area contributed by atoms with E-state index in [1.54, 1.807) is 11.8 Å². The molecule has 1 aliphatic rings. The van der Waals surface area contributed by atoms with E-state index in [0.717, 1.165) is 22.8 Å². The molecule has 104 valence electrons. The molecule has 19 heavy (non-hydrogen) atoms. The SMILES string of the molecule is CCOCc1ccccc1CNC(=O)C1CSCN1. The summed E-state index contributed by atoms with van der Waals surface area (Å²) in [6.07, 6.45) is 0. The molecule has 0 spiro atoms. The molecule has 5 heteroatoms. The Bertz CT molecular complexity index is 420. The van der Waals surface area contributed by atoms with Crippen LogP contribution in [-0.4, -0.2) is 30.2 Å². The molecule has 1 aliphatic heterocycles. The van der Waals surface area contributed by atoms with Gasteiger partial charge in [0.15, 0.2) is 0 Å². The molecular formula is C14H20N2O2S. The smallest absolute Gasteiger partial charge is 0.238 e. The maximum atomic E-state index is 11.9. The van der Waals surface area contributed by atoms with Crippen molar-refractivity contribution in [2.75, 3.05) is 18.2 Å². The zero-order valence-electron chi connectivity index (χ0n) is 11.1. The van der Waals surface area contributed by atoms with Crippen molar-refractivity contribution in [2.45, 2.75) is 26.1 Å². The van der Waals surface area contributed by atoms with E-state index in [1.165, 1.54) is 0 Å². The van der Waals surface area contributed by atoms with Gasteiger partial charge in [-0.1, -0.05) is 24.3 Å². The molecule has 0 radical (unpaired) electrons. The molecule has 1 heterocycles. The number of ether oxygens (including phenoxy) is 1. The zero-order chi connectivity index (χ0) is 13.5. The Morgan fingerprint density at radius 1 is 1.47 bits per heavy atom. The lowest BCUT2D eigenvalue weighted by atomic mass is 10.1. The van der Waals surface area contributed by atoms with Gasteiger partial charge in [0, 0.05) is 24.8 Å². The van der Waals surface area contributed by atoms with E-state index in [9.17, 15) is 4.79 Å². The zero-order valence-corrected chi connectivity index (χ0v) is 12.0. The molecule has 1 fully saturated rings. The Kier molecular flexibility index (Phi) is 5.69. The number of carbonyl (C=O) groups excluding carboxylic acids is 1. The second kappa shape index (κ2) is 7.53. The van der Waals surface area contributed by atoms with Gasteiger partial charge in [-0.05, 0) is 18.1 Å². The van der Waals surface area contributed by atoms with E-state index in [-0.39, 0.29) is 11.9 Å². The predicted octanol–water partition coefficient (Wildman–Crippen LogP) is 1.50. The molecule has 1 atom stereocenters. The van der Waals surface area contributed by atoms with Crippen LogP contribution in [0.5, 0.6) is 0 Å². The molecular weight excluding hydrogens is 260 g/mol. The summed E-state index contributed by atoms with van der Waals surface area (Å²) < 4.78 is 5.44. The van der Waals surface area contributed by atoms with Crippen molar-refractivity contribution in [3.63, 3.8) is 0 Å². The first-order valence-electron chi connectivity index (χ1n) is 6.54. The summed E-state index contributed by atoms with van der Waals surface area (Å²) >= 11 is 1.75. The fraction of sp³-hybridized carbons (Fsp3) is 0.500. The number of hydrogen-bond donors (Lipinski definition) is 2. The van der Waals surface area contributed by atoms with Crippen LogP contribution in [0.3, 0.4) is 0 Å². The molecule has 0 bridgehead atoms. The summed E-state index contributed by atoms with van der Waals surface area (Å²) in [6.45, 7) is 3.84. The van der Waals surface area contributed by atoms with Gasteiger partial charge in [-0.2, -0.15) is 0 Å². The van der Waals surface area contributed by atoms with E-state index in [0.29, 0.717) is 19.8 Å². The minimum Gasteiger partial charge on any atom is -0.377 e. The average Bonchev–Trinajstić information content (AvgIpc) is 2.97.